The molecule has 0 aromatic carbocycles. The molecule has 2 aromatic rings. The Morgan fingerprint density at radius 3 is 2.61 bits per heavy atom. The number of anilines is 2. The van der Waals surface area contributed by atoms with E-state index in [-0.39, 0.29) is 11.5 Å². The van der Waals surface area contributed by atoms with Crippen molar-refractivity contribution < 1.29 is 0 Å². The smallest absolute Gasteiger partial charge is 0.222 e. The molecule has 23 heavy (non-hydrogen) atoms. The van der Waals surface area contributed by atoms with Crippen LogP contribution in [0.4, 0.5) is 11.8 Å². The largest absolute Gasteiger partial charge is 0.368 e. The van der Waals surface area contributed by atoms with Crippen LogP contribution >= 0.6 is 0 Å². The molecule has 0 bridgehead atoms. The summed E-state index contributed by atoms with van der Waals surface area (Å²) in [6.45, 7) is 7.03. The number of rotatable bonds is 4. The molecular formula is C16H25N7. The first-order valence-corrected chi connectivity index (χ1v) is 8.00. The van der Waals surface area contributed by atoms with E-state index >= 15 is 0 Å². The third-order valence-corrected chi connectivity index (χ3v) is 4.22. The Balaban J connectivity index is 1.67. The molecule has 124 valence electrons. The fourth-order valence-corrected chi connectivity index (χ4v) is 2.71. The molecule has 0 amide bonds. The molecular weight excluding hydrogens is 290 g/mol. The number of hydrogen-bond donors (Lipinski definition) is 4. The van der Waals surface area contributed by atoms with Crippen LogP contribution in [0.5, 0.6) is 0 Å². The van der Waals surface area contributed by atoms with Gasteiger partial charge in [0.25, 0.3) is 0 Å². The van der Waals surface area contributed by atoms with E-state index in [0.29, 0.717) is 18.4 Å². The molecule has 2 aromatic heterocycles. The Kier molecular flexibility index (Phi) is 3.97. The lowest BCUT2D eigenvalue weighted by molar-refractivity contribution is 0.345. The van der Waals surface area contributed by atoms with E-state index < -0.39 is 0 Å². The second-order valence-corrected chi connectivity index (χ2v) is 7.35. The van der Waals surface area contributed by atoms with Crippen molar-refractivity contribution in [3.8, 4) is 0 Å². The monoisotopic (exact) mass is 315 g/mol. The first-order valence-electron chi connectivity index (χ1n) is 8.00. The van der Waals surface area contributed by atoms with Crippen molar-refractivity contribution >= 4 is 11.8 Å². The van der Waals surface area contributed by atoms with Crippen molar-refractivity contribution in [1.29, 1.82) is 0 Å². The Hall–Kier alpha value is -2.15. The van der Waals surface area contributed by atoms with Gasteiger partial charge in [-0.2, -0.15) is 10.1 Å². The van der Waals surface area contributed by atoms with E-state index in [1.165, 1.54) is 0 Å². The second kappa shape index (κ2) is 5.81. The quantitative estimate of drug-likeness (QED) is 0.684. The van der Waals surface area contributed by atoms with Crippen LogP contribution < -0.4 is 16.8 Å². The SMILES string of the molecule is CC(C)(C)c1cc(CNc2cc(C3CC(N)C3)nc(N)n2)[nH]n1. The zero-order valence-corrected chi connectivity index (χ0v) is 13.9. The van der Waals surface area contributed by atoms with Crippen molar-refractivity contribution in [2.75, 3.05) is 11.1 Å². The molecule has 1 aliphatic carbocycles. The molecule has 6 N–H and O–H groups in total. The summed E-state index contributed by atoms with van der Waals surface area (Å²) < 4.78 is 0. The lowest BCUT2D eigenvalue weighted by Crippen LogP contribution is -2.35. The molecule has 0 saturated heterocycles. The Morgan fingerprint density at radius 1 is 1.26 bits per heavy atom. The Bertz CT molecular complexity index is 680. The summed E-state index contributed by atoms with van der Waals surface area (Å²) in [6, 6.07) is 4.32. The highest BCUT2D eigenvalue weighted by molar-refractivity contribution is 5.42. The van der Waals surface area contributed by atoms with Gasteiger partial charge in [-0.15, -0.1) is 0 Å². The summed E-state index contributed by atoms with van der Waals surface area (Å²) in [7, 11) is 0. The molecule has 3 rings (SSSR count). The minimum Gasteiger partial charge on any atom is -0.368 e. The molecule has 2 heterocycles. The number of nitrogens with two attached hydrogens (primary N) is 2. The van der Waals surface area contributed by atoms with Gasteiger partial charge in [0.1, 0.15) is 5.82 Å². The van der Waals surface area contributed by atoms with Crippen LogP contribution in [0, 0.1) is 0 Å². The van der Waals surface area contributed by atoms with E-state index in [4.69, 9.17) is 11.5 Å². The van der Waals surface area contributed by atoms with E-state index in [1.54, 1.807) is 0 Å². The van der Waals surface area contributed by atoms with Gasteiger partial charge in [-0.05, 0) is 18.9 Å². The maximum Gasteiger partial charge on any atom is 0.222 e. The number of nitrogens with zero attached hydrogens (tertiary/aromatic N) is 3. The molecule has 7 heteroatoms. The summed E-state index contributed by atoms with van der Waals surface area (Å²) in [5.41, 5.74) is 14.7. The zero-order valence-electron chi connectivity index (χ0n) is 13.9. The number of aromatic amines is 1. The first kappa shape index (κ1) is 15.7. The molecule has 0 atom stereocenters. The Morgan fingerprint density at radius 2 is 2.00 bits per heavy atom. The number of H-pyrrole nitrogens is 1. The van der Waals surface area contributed by atoms with Crippen LogP contribution in [-0.4, -0.2) is 26.2 Å². The highest BCUT2D eigenvalue weighted by atomic mass is 15.1. The summed E-state index contributed by atoms with van der Waals surface area (Å²) in [4.78, 5) is 8.59. The molecule has 1 aliphatic rings. The standard InChI is InChI=1S/C16H25N7/c1-16(2,3)13-6-11(22-23-13)8-19-14-7-12(20-15(18)21-14)9-4-10(17)5-9/h6-7,9-10H,4-5,8,17H2,1-3H3,(H,22,23)(H3,18,19,20,21). The lowest BCUT2D eigenvalue weighted by Gasteiger charge is -2.32. The van der Waals surface area contributed by atoms with E-state index in [0.717, 1.165) is 35.7 Å². The number of nitrogen functional groups attached to an aromatic ring is 1. The van der Waals surface area contributed by atoms with Crippen LogP contribution in [0.3, 0.4) is 0 Å². The van der Waals surface area contributed by atoms with Gasteiger partial charge < -0.3 is 16.8 Å². The average Bonchev–Trinajstić information content (AvgIpc) is 2.90. The molecule has 1 saturated carbocycles. The van der Waals surface area contributed by atoms with Gasteiger partial charge in [-0.3, -0.25) is 5.10 Å². The lowest BCUT2D eigenvalue weighted by atomic mass is 9.78. The summed E-state index contributed by atoms with van der Waals surface area (Å²) in [6.07, 6.45) is 1.93. The first-order chi connectivity index (χ1) is 10.8. The van der Waals surface area contributed by atoms with Crippen molar-refractivity contribution in [3.05, 3.63) is 29.2 Å². The topological polar surface area (TPSA) is 119 Å². The van der Waals surface area contributed by atoms with E-state index in [2.05, 4.69) is 52.3 Å². The second-order valence-electron chi connectivity index (χ2n) is 7.35. The van der Waals surface area contributed by atoms with E-state index in [9.17, 15) is 0 Å². The predicted octanol–water partition coefficient (Wildman–Crippen LogP) is 1.90. The van der Waals surface area contributed by atoms with Crippen molar-refractivity contribution in [3.63, 3.8) is 0 Å². The highest BCUT2D eigenvalue weighted by Gasteiger charge is 2.29. The average molecular weight is 315 g/mol. The number of hydrogen-bond acceptors (Lipinski definition) is 6. The van der Waals surface area contributed by atoms with Gasteiger partial charge >= 0.3 is 0 Å². The van der Waals surface area contributed by atoms with Crippen LogP contribution in [0.1, 0.15) is 56.6 Å². The predicted molar refractivity (Wildman–Crippen MR) is 91.0 cm³/mol. The van der Waals surface area contributed by atoms with Crippen molar-refractivity contribution in [2.24, 2.45) is 5.73 Å². The maximum absolute atomic E-state index is 5.85. The third kappa shape index (κ3) is 3.61. The molecule has 0 spiro atoms. The van der Waals surface area contributed by atoms with Crippen LogP contribution in [0.15, 0.2) is 12.1 Å². The van der Waals surface area contributed by atoms with Crippen LogP contribution in [0.2, 0.25) is 0 Å². The van der Waals surface area contributed by atoms with Gasteiger partial charge in [-0.25, -0.2) is 4.98 Å². The Labute approximate surface area is 136 Å². The fraction of sp³-hybridized carbons (Fsp3) is 0.562. The zero-order chi connectivity index (χ0) is 16.6. The number of nitrogens with one attached hydrogen (secondary N) is 2. The molecule has 0 aliphatic heterocycles. The van der Waals surface area contributed by atoms with Crippen LogP contribution in [0.25, 0.3) is 0 Å². The molecule has 1 fully saturated rings. The van der Waals surface area contributed by atoms with Gasteiger partial charge in [-0.1, -0.05) is 20.8 Å². The van der Waals surface area contributed by atoms with Crippen LogP contribution in [-0.2, 0) is 12.0 Å². The fourth-order valence-electron chi connectivity index (χ4n) is 2.71. The van der Waals surface area contributed by atoms with E-state index in [1.807, 2.05) is 6.07 Å². The maximum atomic E-state index is 5.85. The van der Waals surface area contributed by atoms with Gasteiger partial charge in [0, 0.05) is 23.4 Å². The third-order valence-electron chi connectivity index (χ3n) is 4.22. The van der Waals surface area contributed by atoms with Gasteiger partial charge in [0.05, 0.1) is 23.6 Å². The number of aromatic nitrogens is 4. The summed E-state index contributed by atoms with van der Waals surface area (Å²) in [5.74, 6) is 1.43. The van der Waals surface area contributed by atoms with Gasteiger partial charge in [0.2, 0.25) is 5.95 Å². The molecule has 0 radical (unpaired) electrons. The van der Waals surface area contributed by atoms with Crippen molar-refractivity contribution in [2.45, 2.75) is 57.5 Å². The minimum atomic E-state index is 0.0320. The molecule has 0 unspecified atom stereocenters. The highest BCUT2D eigenvalue weighted by Crippen LogP contribution is 2.35. The van der Waals surface area contributed by atoms with Crippen molar-refractivity contribution in [1.82, 2.24) is 20.2 Å². The normalized spacial score (nSPS) is 21.0. The summed E-state index contributed by atoms with van der Waals surface area (Å²) in [5, 5.41) is 10.7. The van der Waals surface area contributed by atoms with Gasteiger partial charge in [0.15, 0.2) is 0 Å². The summed E-state index contributed by atoms with van der Waals surface area (Å²) >= 11 is 0. The minimum absolute atomic E-state index is 0.0320. The molecule has 7 nitrogen and oxygen atoms in total.